The highest BCUT2D eigenvalue weighted by molar-refractivity contribution is 6.02. The molecule has 0 saturated carbocycles. The predicted molar refractivity (Wildman–Crippen MR) is 70.3 cm³/mol. The molecule has 0 aromatic carbocycles. The van der Waals surface area contributed by atoms with E-state index in [1.165, 1.54) is 12.3 Å². The van der Waals surface area contributed by atoms with Crippen LogP contribution in [0.1, 0.15) is 16.1 Å². The summed E-state index contributed by atoms with van der Waals surface area (Å²) in [6.45, 7) is -0.247. The van der Waals surface area contributed by atoms with Crippen molar-refractivity contribution < 1.29 is 14.3 Å². The molecular weight excluding hydrogens is 261 g/mol. The number of nitrogens with one attached hydrogen (secondary N) is 1. The topological polar surface area (TPSA) is 75.1 Å². The average molecular weight is 271 g/mol. The van der Waals surface area contributed by atoms with E-state index in [9.17, 15) is 9.18 Å². The van der Waals surface area contributed by atoms with Gasteiger partial charge in [-0.25, -0.2) is 14.4 Å². The van der Waals surface area contributed by atoms with Gasteiger partial charge < -0.3 is 10.4 Å². The van der Waals surface area contributed by atoms with Crippen LogP contribution in [0.5, 0.6) is 0 Å². The van der Waals surface area contributed by atoms with Crippen LogP contribution < -0.4 is 5.32 Å². The van der Waals surface area contributed by atoms with E-state index in [0.717, 1.165) is 12.3 Å². The number of hydrogen-bond acceptors (Lipinski definition) is 4. The fourth-order valence-corrected chi connectivity index (χ4v) is 1.41. The highest BCUT2D eigenvalue weighted by Gasteiger charge is 2.08. The van der Waals surface area contributed by atoms with Crippen LogP contribution in [0.2, 0.25) is 0 Å². The molecule has 0 unspecified atom stereocenters. The van der Waals surface area contributed by atoms with Crippen LogP contribution in [-0.2, 0) is 0 Å². The fraction of sp³-hybridized carbons (Fsp3) is 0.0714. The van der Waals surface area contributed by atoms with Crippen molar-refractivity contribution in [3.63, 3.8) is 0 Å². The van der Waals surface area contributed by atoms with Gasteiger partial charge in [0.1, 0.15) is 23.9 Å². The van der Waals surface area contributed by atoms with E-state index in [0.29, 0.717) is 11.4 Å². The van der Waals surface area contributed by atoms with E-state index in [-0.39, 0.29) is 12.3 Å². The SMILES string of the molecule is O=C(Nc1cc(C#CCO)ccn1)c1ccc(F)cn1. The Bertz CT molecular complexity index is 675. The van der Waals surface area contributed by atoms with Crippen LogP contribution in [0.4, 0.5) is 10.2 Å². The molecule has 2 aromatic rings. The largest absolute Gasteiger partial charge is 0.384 e. The number of aliphatic hydroxyl groups excluding tert-OH is 1. The molecule has 20 heavy (non-hydrogen) atoms. The number of nitrogens with zero attached hydrogens (tertiary/aromatic N) is 2. The average Bonchev–Trinajstić information content (AvgIpc) is 2.46. The van der Waals surface area contributed by atoms with Crippen molar-refractivity contribution in [1.29, 1.82) is 0 Å². The van der Waals surface area contributed by atoms with E-state index < -0.39 is 11.7 Å². The van der Waals surface area contributed by atoms with Gasteiger partial charge in [0.15, 0.2) is 0 Å². The fourth-order valence-electron chi connectivity index (χ4n) is 1.41. The van der Waals surface area contributed by atoms with Crippen molar-refractivity contribution in [1.82, 2.24) is 9.97 Å². The summed E-state index contributed by atoms with van der Waals surface area (Å²) in [4.78, 5) is 19.5. The maximum atomic E-state index is 12.7. The molecule has 0 aliphatic rings. The molecule has 0 aliphatic heterocycles. The Morgan fingerprint density at radius 3 is 2.90 bits per heavy atom. The predicted octanol–water partition coefficient (Wildman–Crippen LogP) is 1.21. The highest BCUT2D eigenvalue weighted by atomic mass is 19.1. The van der Waals surface area contributed by atoms with E-state index in [1.807, 2.05) is 0 Å². The van der Waals surface area contributed by atoms with Crippen molar-refractivity contribution in [3.8, 4) is 11.8 Å². The lowest BCUT2D eigenvalue weighted by Crippen LogP contribution is -2.14. The van der Waals surface area contributed by atoms with E-state index in [1.54, 1.807) is 12.1 Å². The summed E-state index contributed by atoms with van der Waals surface area (Å²) in [6, 6.07) is 5.64. The molecule has 0 bridgehead atoms. The molecule has 0 saturated heterocycles. The second kappa shape index (κ2) is 6.41. The van der Waals surface area contributed by atoms with Crippen molar-refractivity contribution in [2.45, 2.75) is 0 Å². The Labute approximate surface area is 114 Å². The number of aromatic nitrogens is 2. The van der Waals surface area contributed by atoms with Gasteiger partial charge >= 0.3 is 0 Å². The third-order valence-electron chi connectivity index (χ3n) is 2.27. The van der Waals surface area contributed by atoms with E-state index in [4.69, 9.17) is 5.11 Å². The molecule has 0 radical (unpaired) electrons. The Morgan fingerprint density at radius 2 is 2.20 bits per heavy atom. The number of halogens is 1. The molecular formula is C14H10FN3O2. The first-order valence-electron chi connectivity index (χ1n) is 5.68. The summed E-state index contributed by atoms with van der Waals surface area (Å²) in [5.74, 6) is 4.48. The quantitative estimate of drug-likeness (QED) is 0.805. The van der Waals surface area contributed by atoms with Crippen molar-refractivity contribution in [3.05, 3.63) is 53.7 Å². The Hall–Kier alpha value is -2.78. The minimum absolute atomic E-state index is 0.0834. The van der Waals surface area contributed by atoms with Crippen LogP contribution >= 0.6 is 0 Å². The molecule has 0 atom stereocenters. The maximum Gasteiger partial charge on any atom is 0.275 e. The molecule has 1 amide bonds. The molecule has 2 heterocycles. The number of amides is 1. The molecule has 5 nitrogen and oxygen atoms in total. The lowest BCUT2D eigenvalue weighted by atomic mass is 10.2. The van der Waals surface area contributed by atoms with Gasteiger partial charge in [-0.15, -0.1) is 0 Å². The third-order valence-corrected chi connectivity index (χ3v) is 2.27. The van der Waals surface area contributed by atoms with E-state index >= 15 is 0 Å². The summed E-state index contributed by atoms with van der Waals surface area (Å²) in [5, 5.41) is 11.1. The summed E-state index contributed by atoms with van der Waals surface area (Å²) >= 11 is 0. The molecule has 100 valence electrons. The summed E-state index contributed by atoms with van der Waals surface area (Å²) < 4.78 is 12.7. The van der Waals surface area contributed by atoms with Gasteiger partial charge in [0.2, 0.25) is 0 Å². The first-order valence-corrected chi connectivity index (χ1v) is 5.68. The zero-order chi connectivity index (χ0) is 14.4. The Balaban J connectivity index is 2.13. The smallest absolute Gasteiger partial charge is 0.275 e. The van der Waals surface area contributed by atoms with Crippen LogP contribution in [0, 0.1) is 17.7 Å². The normalized spacial score (nSPS) is 9.50. The first kappa shape index (κ1) is 13.6. The molecule has 0 spiro atoms. The minimum atomic E-state index is -0.513. The minimum Gasteiger partial charge on any atom is -0.384 e. The zero-order valence-corrected chi connectivity index (χ0v) is 10.3. The monoisotopic (exact) mass is 271 g/mol. The number of rotatable bonds is 2. The molecule has 0 fully saturated rings. The lowest BCUT2D eigenvalue weighted by molar-refractivity contribution is 0.102. The molecule has 2 aromatic heterocycles. The van der Waals surface area contributed by atoms with Crippen molar-refractivity contribution >= 4 is 11.7 Å². The van der Waals surface area contributed by atoms with Crippen molar-refractivity contribution in [2.75, 3.05) is 11.9 Å². The molecule has 2 rings (SSSR count). The summed E-state index contributed by atoms with van der Waals surface area (Å²) in [6.07, 6.45) is 2.45. The van der Waals surface area contributed by atoms with Gasteiger partial charge in [0.25, 0.3) is 5.91 Å². The molecule has 0 aliphatic carbocycles. The van der Waals surface area contributed by atoms with Gasteiger partial charge in [0.05, 0.1) is 6.20 Å². The second-order valence-corrected chi connectivity index (χ2v) is 3.71. The first-order chi connectivity index (χ1) is 9.69. The lowest BCUT2D eigenvalue weighted by Gasteiger charge is -2.03. The van der Waals surface area contributed by atoms with Crippen molar-refractivity contribution in [2.24, 2.45) is 0 Å². The van der Waals surface area contributed by atoms with Gasteiger partial charge in [-0.05, 0) is 24.3 Å². The van der Waals surface area contributed by atoms with E-state index in [2.05, 4.69) is 27.1 Å². The van der Waals surface area contributed by atoms with Crippen LogP contribution in [0.3, 0.4) is 0 Å². The number of pyridine rings is 2. The standard InChI is InChI=1S/C14H10FN3O2/c15-11-3-4-12(17-9-11)14(20)18-13-8-10(2-1-7-19)5-6-16-13/h3-6,8-9,19H,7H2,(H,16,18,20). The Kier molecular flexibility index (Phi) is 4.37. The van der Waals surface area contributed by atoms with Crippen LogP contribution in [0.25, 0.3) is 0 Å². The second-order valence-electron chi connectivity index (χ2n) is 3.71. The van der Waals surface area contributed by atoms with Crippen LogP contribution in [0.15, 0.2) is 36.7 Å². The highest BCUT2D eigenvalue weighted by Crippen LogP contribution is 2.07. The summed E-state index contributed by atoms with van der Waals surface area (Å²) in [5.41, 5.74) is 0.691. The number of hydrogen-bond donors (Lipinski definition) is 2. The van der Waals surface area contributed by atoms with Crippen LogP contribution in [-0.4, -0.2) is 27.6 Å². The Morgan fingerprint density at radius 1 is 1.35 bits per heavy atom. The summed E-state index contributed by atoms with van der Waals surface area (Å²) in [7, 11) is 0. The number of anilines is 1. The molecule has 6 heteroatoms. The third kappa shape index (κ3) is 3.60. The van der Waals surface area contributed by atoms with Gasteiger partial charge in [-0.2, -0.15) is 0 Å². The van der Waals surface area contributed by atoms with Gasteiger partial charge in [-0.1, -0.05) is 11.8 Å². The number of aliphatic hydroxyl groups is 1. The molecule has 2 N–H and O–H groups in total. The zero-order valence-electron chi connectivity index (χ0n) is 10.3. The van der Waals surface area contributed by atoms with Gasteiger partial charge in [0, 0.05) is 11.8 Å². The number of carbonyl (C=O) groups is 1. The number of carbonyl (C=O) groups excluding carboxylic acids is 1. The maximum absolute atomic E-state index is 12.7. The van der Waals surface area contributed by atoms with Gasteiger partial charge in [-0.3, -0.25) is 4.79 Å².